The summed E-state index contributed by atoms with van der Waals surface area (Å²) < 4.78 is 49.4. The molecule has 0 saturated carbocycles. The van der Waals surface area contributed by atoms with Gasteiger partial charge in [0.25, 0.3) is 0 Å². The van der Waals surface area contributed by atoms with Gasteiger partial charge < -0.3 is 34.6 Å². The molecule has 1 saturated heterocycles. The Morgan fingerprint density at radius 3 is 2.46 bits per heavy atom. The van der Waals surface area contributed by atoms with E-state index in [-0.39, 0.29) is 35.7 Å². The summed E-state index contributed by atoms with van der Waals surface area (Å²) in [7, 11) is -0.587. The second-order valence-corrected chi connectivity index (χ2v) is 13.6. The van der Waals surface area contributed by atoms with Gasteiger partial charge in [-0.25, -0.2) is 13.2 Å². The number of allylic oxidation sites excluding steroid dienone is 3. The van der Waals surface area contributed by atoms with Crippen molar-refractivity contribution in [1.82, 2.24) is 10.2 Å². The molecule has 2 N–H and O–H groups in total. The first-order chi connectivity index (χ1) is 22.9. The zero-order valence-electron chi connectivity index (χ0n) is 27.4. The number of hydrogen-bond donors (Lipinski definition) is 2. The number of carbonyl (C=O) groups is 2. The summed E-state index contributed by atoms with van der Waals surface area (Å²) in [5.41, 5.74) is 1.61. The predicted octanol–water partition coefficient (Wildman–Crippen LogP) is 5.14. The number of hydrogen-bond acceptors (Lipinski definition) is 10. The van der Waals surface area contributed by atoms with Gasteiger partial charge in [-0.2, -0.15) is 0 Å². The van der Waals surface area contributed by atoms with Crippen molar-refractivity contribution in [1.29, 1.82) is 5.41 Å². The van der Waals surface area contributed by atoms with E-state index in [2.05, 4.69) is 17.3 Å². The summed E-state index contributed by atoms with van der Waals surface area (Å²) >= 11 is 6.57. The molecule has 0 radical (unpaired) electrons. The van der Waals surface area contributed by atoms with Crippen LogP contribution in [0, 0.1) is 5.41 Å². The van der Waals surface area contributed by atoms with Crippen LogP contribution in [0.5, 0.6) is 17.2 Å². The highest BCUT2D eigenvalue weighted by molar-refractivity contribution is 7.93. The number of nitrogens with zero attached hydrogens (tertiary/aromatic N) is 2. The fourth-order valence-electron chi connectivity index (χ4n) is 5.13. The maximum absolute atomic E-state index is 13.5. The maximum Gasteiger partial charge on any atom is 0.413 e. The number of sulfonamides is 1. The van der Waals surface area contributed by atoms with Gasteiger partial charge in [0.15, 0.2) is 5.75 Å². The molecule has 12 nitrogen and oxygen atoms in total. The molecule has 1 aliphatic heterocycles. The number of nitrogens with one attached hydrogen (secondary N) is 2. The maximum atomic E-state index is 13.5. The van der Waals surface area contributed by atoms with E-state index < -0.39 is 33.9 Å². The fourth-order valence-corrected chi connectivity index (χ4v) is 6.63. The van der Waals surface area contributed by atoms with Crippen molar-refractivity contribution in [3.8, 4) is 17.2 Å². The van der Waals surface area contributed by atoms with Crippen LogP contribution < -0.4 is 23.8 Å². The lowest BCUT2D eigenvalue weighted by Gasteiger charge is -2.30. The Bertz CT molecular complexity index is 1680. The van der Waals surface area contributed by atoms with E-state index in [1.165, 1.54) is 13.2 Å². The van der Waals surface area contributed by atoms with Crippen LogP contribution >= 0.6 is 11.6 Å². The molecule has 0 bridgehead atoms. The Hall–Kier alpha value is -4.33. The van der Waals surface area contributed by atoms with Crippen molar-refractivity contribution >= 4 is 45.1 Å². The van der Waals surface area contributed by atoms with Gasteiger partial charge in [0.2, 0.25) is 10.0 Å². The van der Waals surface area contributed by atoms with Gasteiger partial charge in [0.1, 0.15) is 23.4 Å². The van der Waals surface area contributed by atoms with Crippen LogP contribution in [0.2, 0.25) is 5.02 Å². The average molecular weight is 701 g/mol. The highest BCUT2D eigenvalue weighted by Crippen LogP contribution is 2.33. The minimum Gasteiger partial charge on any atom is -0.497 e. The van der Waals surface area contributed by atoms with Gasteiger partial charge in [-0.05, 0) is 87.3 Å². The molecule has 1 unspecified atom stereocenters. The van der Waals surface area contributed by atoms with Crippen molar-refractivity contribution < 1.29 is 37.0 Å². The molecule has 14 heteroatoms. The van der Waals surface area contributed by atoms with Crippen LogP contribution in [0.3, 0.4) is 0 Å². The third-order valence-electron chi connectivity index (χ3n) is 7.83. The first-order valence-electron chi connectivity index (χ1n) is 15.5. The van der Waals surface area contributed by atoms with E-state index in [9.17, 15) is 18.0 Å². The monoisotopic (exact) mass is 700 g/mol. The number of methoxy groups -OCH3 is 1. The summed E-state index contributed by atoms with van der Waals surface area (Å²) in [4.78, 5) is 26.9. The summed E-state index contributed by atoms with van der Waals surface area (Å²) in [6, 6.07) is 10.5. The number of carbonyl (C=O) groups excluding carboxylic acids is 2. The number of anilines is 1. The molecule has 1 fully saturated rings. The SMILES string of the molecule is CCOC(=O)CS(=O)(=O)N(C/C=C/C1=C(C)C(=N)C(NC(=O)Oc2ccc(OC)cc2)C=C1)c1ccc(OC2CCN(C)CC2)c(Cl)c1. The molecule has 2 aromatic rings. The Morgan fingerprint density at radius 1 is 1.12 bits per heavy atom. The number of ether oxygens (including phenoxy) is 4. The highest BCUT2D eigenvalue weighted by Gasteiger charge is 2.28. The van der Waals surface area contributed by atoms with E-state index in [4.69, 9.17) is 36.0 Å². The lowest BCUT2D eigenvalue weighted by atomic mass is 9.93. The first-order valence-corrected chi connectivity index (χ1v) is 17.5. The minimum absolute atomic E-state index is 0.00357. The number of rotatable bonds is 13. The largest absolute Gasteiger partial charge is 0.497 e. The predicted molar refractivity (Wildman–Crippen MR) is 185 cm³/mol. The van der Waals surface area contributed by atoms with E-state index in [0.29, 0.717) is 28.4 Å². The van der Waals surface area contributed by atoms with Crippen molar-refractivity contribution in [3.05, 3.63) is 82.9 Å². The van der Waals surface area contributed by atoms with Gasteiger partial charge in [0, 0.05) is 13.1 Å². The second-order valence-electron chi connectivity index (χ2n) is 11.3. The van der Waals surface area contributed by atoms with Crippen molar-refractivity contribution in [3.63, 3.8) is 0 Å². The molecule has 1 heterocycles. The van der Waals surface area contributed by atoms with Crippen molar-refractivity contribution in [2.45, 2.75) is 38.8 Å². The van der Waals surface area contributed by atoms with Crippen LogP contribution in [-0.2, 0) is 19.6 Å². The van der Waals surface area contributed by atoms with Gasteiger partial charge >= 0.3 is 12.1 Å². The second kappa shape index (κ2) is 16.7. The third kappa shape index (κ3) is 9.85. The fraction of sp³-hybridized carbons (Fsp3) is 0.382. The van der Waals surface area contributed by atoms with Crippen LogP contribution in [0.25, 0.3) is 0 Å². The molecule has 0 aromatic heterocycles. The molecule has 258 valence electrons. The number of amides is 1. The zero-order valence-corrected chi connectivity index (χ0v) is 29.0. The molecule has 4 rings (SSSR count). The molecular weight excluding hydrogens is 660 g/mol. The molecule has 48 heavy (non-hydrogen) atoms. The molecule has 1 aliphatic carbocycles. The number of likely N-dealkylation sites (tertiary alicyclic amines) is 1. The molecular formula is C34H41ClN4O8S. The topological polar surface area (TPSA) is 148 Å². The lowest BCUT2D eigenvalue weighted by molar-refractivity contribution is -0.139. The van der Waals surface area contributed by atoms with Crippen LogP contribution in [-0.4, -0.2) is 89.4 Å². The summed E-state index contributed by atoms with van der Waals surface area (Å²) in [6.07, 6.45) is 7.64. The van der Waals surface area contributed by atoms with E-state index in [1.807, 2.05) is 0 Å². The van der Waals surface area contributed by atoms with Crippen molar-refractivity contribution in [2.24, 2.45) is 0 Å². The quantitative estimate of drug-likeness (QED) is 0.271. The molecule has 2 aliphatic rings. The zero-order chi connectivity index (χ0) is 34.8. The van der Waals surface area contributed by atoms with Crippen LogP contribution in [0.1, 0.15) is 26.7 Å². The Balaban J connectivity index is 1.46. The van der Waals surface area contributed by atoms with Gasteiger partial charge in [-0.1, -0.05) is 35.9 Å². The van der Waals surface area contributed by atoms with Crippen LogP contribution in [0.15, 0.2) is 77.9 Å². The Kier molecular flexibility index (Phi) is 12.7. The first kappa shape index (κ1) is 36.5. The summed E-state index contributed by atoms with van der Waals surface area (Å²) in [5, 5.41) is 11.5. The molecule has 1 atom stereocenters. The van der Waals surface area contributed by atoms with Crippen LogP contribution in [0.4, 0.5) is 10.5 Å². The van der Waals surface area contributed by atoms with Crippen molar-refractivity contribution in [2.75, 3.05) is 50.5 Å². The smallest absolute Gasteiger partial charge is 0.413 e. The normalized spacial score (nSPS) is 17.4. The standard InChI is InChI=1S/C34H41ClN4O8S/c1-5-45-32(40)22-48(42,43)39(25-9-15-31(29(35)21-25)46-28-16-19-38(3)20-17-28)18-6-7-24-8-14-30(33(36)23(24)2)37-34(41)47-27-12-10-26(44-4)11-13-27/h6-15,21,28,30,36H,5,16-20,22H2,1-4H3,(H,37,41)/b7-6+,36-33?. The van der Waals surface area contributed by atoms with E-state index in [0.717, 1.165) is 30.2 Å². The summed E-state index contributed by atoms with van der Waals surface area (Å²) in [5.74, 6) is -0.331. The van der Waals surface area contributed by atoms with E-state index in [1.54, 1.807) is 74.5 Å². The molecule has 0 spiro atoms. The van der Waals surface area contributed by atoms with Gasteiger partial charge in [-0.3, -0.25) is 9.10 Å². The average Bonchev–Trinajstić information content (AvgIpc) is 3.04. The molecule has 1 amide bonds. The number of halogens is 1. The Labute approximate surface area is 286 Å². The number of piperidine rings is 1. The minimum atomic E-state index is -4.18. The lowest BCUT2D eigenvalue weighted by Crippen LogP contribution is -2.42. The van der Waals surface area contributed by atoms with Gasteiger partial charge in [-0.15, -0.1) is 0 Å². The third-order valence-corrected chi connectivity index (χ3v) is 9.76. The highest BCUT2D eigenvalue weighted by atomic mass is 35.5. The Morgan fingerprint density at radius 2 is 1.81 bits per heavy atom. The van der Waals surface area contributed by atoms with E-state index >= 15 is 0 Å². The summed E-state index contributed by atoms with van der Waals surface area (Å²) in [6.45, 7) is 5.05. The number of benzene rings is 2. The number of esters is 1. The molecule has 2 aromatic carbocycles. The van der Waals surface area contributed by atoms with Gasteiger partial charge in [0.05, 0.1) is 42.7 Å².